The zero-order valence-electron chi connectivity index (χ0n) is 28.9. The van der Waals surface area contributed by atoms with Crippen molar-refractivity contribution < 1.29 is 33.9 Å². The van der Waals surface area contributed by atoms with Gasteiger partial charge >= 0.3 is 5.97 Å². The fraction of sp³-hybridized carbons (Fsp3) is 0.500. The number of para-hydroxylation sites is 1. The minimum Gasteiger partial charge on any atom is -0.480 e. The van der Waals surface area contributed by atoms with Crippen LogP contribution in [0.5, 0.6) is 0 Å². The summed E-state index contributed by atoms with van der Waals surface area (Å²) >= 11 is 1.30. The molecule has 1 aliphatic rings. The first-order valence-corrected chi connectivity index (χ1v) is 18.5. The highest BCUT2D eigenvalue weighted by Crippen LogP contribution is 2.26. The van der Waals surface area contributed by atoms with Gasteiger partial charge in [0.25, 0.3) is 0 Å². The standard InChI is InChI=1S/C36H51N7O7S/c37-19-9-7-15-27(34(47)42-29(23-25-11-3-1-4-12-25)35(48)41-28(36(49)50)16-8-10-20-38)40-30(44)24-33(43-31(45)17-18-32(43)46)51-22-21-39-26-13-5-2-6-14-26/h1-6,11-14,27-29,33,39H,7-10,15-24,37-38H2,(H,40,44)(H,41,48)(H,42,47)(H,49,50)/t27-,28-,29-,33?/m0/s1. The Labute approximate surface area is 303 Å². The molecule has 15 heteroatoms. The number of carbonyl (C=O) groups is 6. The molecule has 1 saturated heterocycles. The molecule has 1 unspecified atom stereocenters. The molecule has 4 atom stereocenters. The molecule has 5 amide bonds. The van der Waals surface area contributed by atoms with E-state index in [0.717, 1.165) is 16.2 Å². The lowest BCUT2D eigenvalue weighted by Crippen LogP contribution is -2.56. The molecule has 0 saturated carbocycles. The van der Waals surface area contributed by atoms with Gasteiger partial charge in [0.2, 0.25) is 29.5 Å². The minimum absolute atomic E-state index is 0.0739. The third-order valence-corrected chi connectivity index (χ3v) is 9.53. The second kappa shape index (κ2) is 22.4. The summed E-state index contributed by atoms with van der Waals surface area (Å²) in [6, 6.07) is 15.1. The molecular formula is C36H51N7O7S. The molecule has 0 spiro atoms. The first-order chi connectivity index (χ1) is 24.6. The molecule has 0 radical (unpaired) electrons. The topological polar surface area (TPSA) is 226 Å². The van der Waals surface area contributed by atoms with Crippen LogP contribution in [0.4, 0.5) is 5.69 Å². The Bertz CT molecular complexity index is 1420. The third kappa shape index (κ3) is 14.4. The van der Waals surface area contributed by atoms with Crippen LogP contribution in [0.25, 0.3) is 0 Å². The molecule has 14 nitrogen and oxygen atoms in total. The van der Waals surface area contributed by atoms with Gasteiger partial charge in [-0.2, -0.15) is 0 Å². The van der Waals surface area contributed by atoms with E-state index in [9.17, 15) is 33.9 Å². The number of hydrogen-bond donors (Lipinski definition) is 7. The largest absolute Gasteiger partial charge is 0.480 e. The van der Waals surface area contributed by atoms with Gasteiger partial charge in [-0.3, -0.25) is 28.9 Å². The van der Waals surface area contributed by atoms with Gasteiger partial charge in [0, 0.05) is 37.2 Å². The smallest absolute Gasteiger partial charge is 0.326 e. The quantitative estimate of drug-likeness (QED) is 0.0609. The molecule has 1 fully saturated rings. The Balaban J connectivity index is 1.74. The number of aliphatic carboxylic acids is 1. The average Bonchev–Trinajstić information content (AvgIpc) is 3.46. The number of nitrogens with two attached hydrogens (primary N) is 2. The lowest BCUT2D eigenvalue weighted by molar-refractivity contribution is -0.143. The first-order valence-electron chi connectivity index (χ1n) is 17.4. The van der Waals surface area contributed by atoms with Crippen LogP contribution >= 0.6 is 11.8 Å². The summed E-state index contributed by atoms with van der Waals surface area (Å²) in [4.78, 5) is 79.3. The number of thioether (sulfide) groups is 1. The molecular weight excluding hydrogens is 675 g/mol. The molecule has 2 aromatic carbocycles. The summed E-state index contributed by atoms with van der Waals surface area (Å²) in [5, 5.41) is 20.3. The van der Waals surface area contributed by atoms with Crippen molar-refractivity contribution in [1.82, 2.24) is 20.9 Å². The fourth-order valence-corrected chi connectivity index (χ4v) is 6.76. The molecule has 0 aliphatic carbocycles. The maximum Gasteiger partial charge on any atom is 0.326 e. The highest BCUT2D eigenvalue weighted by Gasteiger charge is 2.37. The zero-order chi connectivity index (χ0) is 37.0. The van der Waals surface area contributed by atoms with E-state index < -0.39 is 47.2 Å². The fourth-order valence-electron chi connectivity index (χ4n) is 5.61. The molecule has 51 heavy (non-hydrogen) atoms. The predicted octanol–water partition coefficient (Wildman–Crippen LogP) is 1.74. The summed E-state index contributed by atoms with van der Waals surface area (Å²) in [5.74, 6) is -3.26. The zero-order valence-corrected chi connectivity index (χ0v) is 29.7. The maximum atomic E-state index is 13.8. The number of nitrogens with zero attached hydrogens (tertiary/aromatic N) is 1. The van der Waals surface area contributed by atoms with Crippen molar-refractivity contribution in [2.75, 3.05) is 30.7 Å². The van der Waals surface area contributed by atoms with Gasteiger partial charge in [0.1, 0.15) is 18.1 Å². The van der Waals surface area contributed by atoms with Gasteiger partial charge < -0.3 is 37.8 Å². The van der Waals surface area contributed by atoms with Gasteiger partial charge in [0.15, 0.2) is 0 Å². The molecule has 2 aromatic rings. The number of benzene rings is 2. The van der Waals surface area contributed by atoms with E-state index in [0.29, 0.717) is 51.1 Å². The average molecular weight is 726 g/mol. The number of nitrogens with one attached hydrogen (secondary N) is 4. The van der Waals surface area contributed by atoms with Gasteiger partial charge in [0.05, 0.1) is 11.8 Å². The SMILES string of the molecule is NCCCC[C@H](NC(=O)[C@H](Cc1ccccc1)NC(=O)[C@H](CCCCN)NC(=O)CC(SCCNc1ccccc1)N1C(=O)CCC1=O)C(=O)O. The van der Waals surface area contributed by atoms with Crippen molar-refractivity contribution in [3.05, 3.63) is 66.2 Å². The van der Waals surface area contributed by atoms with Crippen molar-refractivity contribution in [1.29, 1.82) is 0 Å². The van der Waals surface area contributed by atoms with Gasteiger partial charge in [-0.25, -0.2) is 4.79 Å². The van der Waals surface area contributed by atoms with Crippen LogP contribution in [0, 0.1) is 0 Å². The molecule has 9 N–H and O–H groups in total. The van der Waals surface area contributed by atoms with E-state index in [1.54, 1.807) is 24.3 Å². The Morgan fingerprint density at radius 1 is 0.745 bits per heavy atom. The van der Waals surface area contributed by atoms with E-state index in [1.807, 2.05) is 36.4 Å². The molecule has 0 aromatic heterocycles. The molecule has 1 heterocycles. The predicted molar refractivity (Wildman–Crippen MR) is 196 cm³/mol. The van der Waals surface area contributed by atoms with Crippen LogP contribution < -0.4 is 32.7 Å². The summed E-state index contributed by atoms with van der Waals surface area (Å²) in [6.07, 6.45) is 2.55. The Kier molecular flexibility index (Phi) is 18.0. The molecule has 0 bridgehead atoms. The number of carbonyl (C=O) groups excluding carboxylic acids is 5. The number of rotatable bonds is 24. The number of carboxylic acids is 1. The lowest BCUT2D eigenvalue weighted by Gasteiger charge is -2.27. The normalized spacial score (nSPS) is 15.1. The summed E-state index contributed by atoms with van der Waals surface area (Å²) < 4.78 is 0. The van der Waals surface area contributed by atoms with Crippen LogP contribution in [-0.2, 0) is 35.2 Å². The molecule has 278 valence electrons. The van der Waals surface area contributed by atoms with Crippen LogP contribution in [0.1, 0.15) is 63.4 Å². The van der Waals surface area contributed by atoms with Crippen molar-refractivity contribution >= 4 is 53.0 Å². The highest BCUT2D eigenvalue weighted by atomic mass is 32.2. The van der Waals surface area contributed by atoms with E-state index in [2.05, 4.69) is 21.3 Å². The van der Waals surface area contributed by atoms with E-state index in [-0.39, 0.29) is 50.3 Å². The summed E-state index contributed by atoms with van der Waals surface area (Å²) in [5.41, 5.74) is 12.9. The number of unbranched alkanes of at least 4 members (excludes halogenated alkanes) is 2. The highest BCUT2D eigenvalue weighted by molar-refractivity contribution is 7.99. The monoisotopic (exact) mass is 725 g/mol. The van der Waals surface area contributed by atoms with E-state index in [1.165, 1.54) is 11.8 Å². The van der Waals surface area contributed by atoms with Crippen molar-refractivity contribution in [2.24, 2.45) is 11.5 Å². The maximum absolute atomic E-state index is 13.8. The summed E-state index contributed by atoms with van der Waals surface area (Å²) in [6.45, 7) is 1.28. The van der Waals surface area contributed by atoms with Gasteiger partial charge in [-0.05, 0) is 69.3 Å². The molecule has 3 rings (SSSR count). The number of anilines is 1. The van der Waals surface area contributed by atoms with Crippen molar-refractivity contribution in [3.8, 4) is 0 Å². The third-order valence-electron chi connectivity index (χ3n) is 8.33. The minimum atomic E-state index is -1.20. The van der Waals surface area contributed by atoms with E-state index >= 15 is 0 Å². The number of likely N-dealkylation sites (tertiary alicyclic amines) is 1. The van der Waals surface area contributed by atoms with Gasteiger partial charge in [-0.15, -0.1) is 11.8 Å². The van der Waals surface area contributed by atoms with Crippen LogP contribution in [0.3, 0.4) is 0 Å². The van der Waals surface area contributed by atoms with Crippen molar-refractivity contribution in [2.45, 2.75) is 87.7 Å². The van der Waals surface area contributed by atoms with Crippen LogP contribution in [-0.4, -0.2) is 94.4 Å². The number of carboxylic acid groups (broad SMARTS) is 1. The first kappa shape index (κ1) is 41.0. The summed E-state index contributed by atoms with van der Waals surface area (Å²) in [7, 11) is 0. The Hall–Kier alpha value is -4.47. The lowest BCUT2D eigenvalue weighted by atomic mass is 10.0. The number of amides is 5. The van der Waals surface area contributed by atoms with Gasteiger partial charge in [-0.1, -0.05) is 48.5 Å². The second-order valence-electron chi connectivity index (χ2n) is 12.3. The second-order valence-corrected chi connectivity index (χ2v) is 13.6. The van der Waals surface area contributed by atoms with Crippen LogP contribution in [0.2, 0.25) is 0 Å². The Morgan fingerprint density at radius 2 is 1.29 bits per heavy atom. The molecule has 1 aliphatic heterocycles. The van der Waals surface area contributed by atoms with Crippen molar-refractivity contribution in [3.63, 3.8) is 0 Å². The van der Waals surface area contributed by atoms with Crippen LogP contribution in [0.15, 0.2) is 60.7 Å². The van der Waals surface area contributed by atoms with E-state index in [4.69, 9.17) is 11.5 Å². The Morgan fingerprint density at radius 3 is 1.88 bits per heavy atom. The number of hydrogen-bond acceptors (Lipinski definition) is 10. The number of imide groups is 1.